The number of aromatic nitrogens is 2. The van der Waals surface area contributed by atoms with E-state index in [2.05, 4.69) is 20.6 Å². The number of allylic oxidation sites excluding steroid dienone is 1. The molecule has 0 bridgehead atoms. The highest BCUT2D eigenvalue weighted by atomic mass is 35.5. The van der Waals surface area contributed by atoms with Crippen molar-refractivity contribution in [1.82, 2.24) is 20.0 Å². The molecule has 0 aliphatic carbocycles. The van der Waals surface area contributed by atoms with E-state index in [0.29, 0.717) is 36.0 Å². The Bertz CT molecular complexity index is 1100. The number of nitrogens with zero attached hydrogens (tertiary/aromatic N) is 3. The Labute approximate surface area is 204 Å². The molecule has 3 heterocycles. The van der Waals surface area contributed by atoms with Gasteiger partial charge in [0.1, 0.15) is 11.9 Å². The fourth-order valence-electron chi connectivity index (χ4n) is 4.12. The molecule has 1 atom stereocenters. The number of fused-ring (bicyclic) bond motifs is 1. The summed E-state index contributed by atoms with van der Waals surface area (Å²) in [6.07, 6.45) is -3.90. The lowest BCUT2D eigenvalue weighted by atomic mass is 9.95. The number of benzene rings is 1. The van der Waals surface area contributed by atoms with Gasteiger partial charge in [0, 0.05) is 31.4 Å². The van der Waals surface area contributed by atoms with Crippen LogP contribution in [0.15, 0.2) is 35.5 Å². The van der Waals surface area contributed by atoms with Gasteiger partial charge in [-0.15, -0.1) is 0 Å². The summed E-state index contributed by atoms with van der Waals surface area (Å²) in [5.74, 6) is -0.262. The molecule has 2 aliphatic rings. The van der Waals surface area contributed by atoms with Crippen molar-refractivity contribution in [3.05, 3.63) is 56.8 Å². The zero-order valence-electron chi connectivity index (χ0n) is 18.4. The molecule has 2 aromatic rings. The zero-order valence-corrected chi connectivity index (χ0v) is 19.9. The molecule has 1 fully saturated rings. The van der Waals surface area contributed by atoms with Gasteiger partial charge >= 0.3 is 6.18 Å². The van der Waals surface area contributed by atoms with Crippen molar-refractivity contribution in [1.29, 1.82) is 0 Å². The first-order valence-corrected chi connectivity index (χ1v) is 11.6. The largest absolute Gasteiger partial charge is 0.435 e. The average Bonchev–Trinajstić information content (AvgIpc) is 3.22. The van der Waals surface area contributed by atoms with Crippen molar-refractivity contribution in [2.24, 2.45) is 0 Å². The average molecular weight is 518 g/mol. The van der Waals surface area contributed by atoms with Gasteiger partial charge in [-0.25, -0.2) is 4.68 Å². The van der Waals surface area contributed by atoms with Crippen molar-refractivity contribution in [3.63, 3.8) is 0 Å². The van der Waals surface area contributed by atoms with E-state index in [-0.39, 0.29) is 16.4 Å². The van der Waals surface area contributed by atoms with Gasteiger partial charge in [-0.3, -0.25) is 9.69 Å². The van der Waals surface area contributed by atoms with Crippen LogP contribution in [0.5, 0.6) is 0 Å². The number of halogens is 5. The first-order valence-electron chi connectivity index (χ1n) is 10.8. The zero-order chi connectivity index (χ0) is 24.5. The molecule has 0 radical (unpaired) electrons. The molecule has 1 saturated heterocycles. The molecule has 34 heavy (non-hydrogen) atoms. The Morgan fingerprint density at radius 1 is 1.24 bits per heavy atom. The number of nitrogens with one attached hydrogen (secondary N) is 2. The van der Waals surface area contributed by atoms with Crippen LogP contribution in [0.3, 0.4) is 0 Å². The number of anilines is 1. The number of ether oxygens (including phenoxy) is 1. The van der Waals surface area contributed by atoms with Gasteiger partial charge in [0.2, 0.25) is 0 Å². The summed E-state index contributed by atoms with van der Waals surface area (Å²) in [5.41, 5.74) is 0.129. The van der Waals surface area contributed by atoms with E-state index in [1.165, 1.54) is 6.07 Å². The number of amides is 1. The van der Waals surface area contributed by atoms with Crippen LogP contribution in [0.1, 0.15) is 30.6 Å². The number of hydrogen-bond acceptors (Lipinski definition) is 5. The Morgan fingerprint density at radius 3 is 2.65 bits per heavy atom. The summed E-state index contributed by atoms with van der Waals surface area (Å²) >= 11 is 12.2. The van der Waals surface area contributed by atoms with Crippen molar-refractivity contribution in [2.75, 3.05) is 44.7 Å². The Kier molecular flexibility index (Phi) is 7.42. The van der Waals surface area contributed by atoms with Gasteiger partial charge in [-0.05, 0) is 37.6 Å². The minimum atomic E-state index is -4.63. The van der Waals surface area contributed by atoms with Crippen molar-refractivity contribution in [2.45, 2.75) is 25.6 Å². The lowest BCUT2D eigenvalue weighted by molar-refractivity contribution is -0.141. The quantitative estimate of drug-likeness (QED) is 0.558. The minimum absolute atomic E-state index is 0.129. The van der Waals surface area contributed by atoms with Crippen molar-refractivity contribution < 1.29 is 22.7 Å². The van der Waals surface area contributed by atoms with E-state index in [4.69, 9.17) is 27.9 Å². The van der Waals surface area contributed by atoms with Gasteiger partial charge in [0.25, 0.3) is 5.91 Å². The summed E-state index contributed by atoms with van der Waals surface area (Å²) in [7, 11) is 0. The number of hydrogen-bond donors (Lipinski definition) is 2. The maximum atomic E-state index is 13.4. The molecule has 0 spiro atoms. The fourth-order valence-corrected chi connectivity index (χ4v) is 4.43. The summed E-state index contributed by atoms with van der Waals surface area (Å²) in [5, 5.41) is 10.1. The van der Waals surface area contributed by atoms with E-state index in [9.17, 15) is 18.0 Å². The fraction of sp³-hybridized carbons (Fsp3) is 0.455. The van der Waals surface area contributed by atoms with E-state index in [1.54, 1.807) is 19.1 Å². The van der Waals surface area contributed by atoms with Gasteiger partial charge < -0.3 is 15.4 Å². The minimum Gasteiger partial charge on any atom is -0.379 e. The molecule has 1 amide bonds. The second-order valence-electron chi connectivity index (χ2n) is 8.16. The third-order valence-electron chi connectivity index (χ3n) is 5.81. The van der Waals surface area contributed by atoms with E-state index >= 15 is 0 Å². The third kappa shape index (κ3) is 5.35. The number of carbonyl (C=O) groups is 1. The number of alkyl halides is 3. The van der Waals surface area contributed by atoms with Crippen LogP contribution in [0.4, 0.5) is 19.0 Å². The molecule has 2 aliphatic heterocycles. The Morgan fingerprint density at radius 2 is 1.97 bits per heavy atom. The predicted octanol–water partition coefficient (Wildman–Crippen LogP) is 4.34. The SMILES string of the molecule is CC1=C(C(=O)NCCCN2CCOCC2)C(c2ccc(Cl)c(Cl)c2)n2nc(C(F)(F)F)cc2N1. The molecule has 1 aromatic heterocycles. The second kappa shape index (κ2) is 10.2. The maximum Gasteiger partial charge on any atom is 0.435 e. The van der Waals surface area contributed by atoms with Crippen molar-refractivity contribution in [3.8, 4) is 0 Å². The molecular weight excluding hydrogens is 494 g/mol. The van der Waals surface area contributed by atoms with E-state index in [0.717, 1.165) is 36.8 Å². The smallest absolute Gasteiger partial charge is 0.379 e. The topological polar surface area (TPSA) is 71.4 Å². The summed E-state index contributed by atoms with van der Waals surface area (Å²) in [6.45, 7) is 5.98. The van der Waals surface area contributed by atoms with E-state index in [1.807, 2.05) is 0 Å². The molecule has 1 aromatic carbocycles. The van der Waals surface area contributed by atoms with Crippen LogP contribution >= 0.6 is 23.2 Å². The maximum absolute atomic E-state index is 13.4. The van der Waals surface area contributed by atoms with Crippen LogP contribution in [-0.2, 0) is 15.7 Å². The molecule has 0 saturated carbocycles. The number of rotatable bonds is 6. The summed E-state index contributed by atoms with van der Waals surface area (Å²) < 4.78 is 46.7. The van der Waals surface area contributed by atoms with Crippen LogP contribution in [0.2, 0.25) is 10.0 Å². The standard InChI is InChI=1S/C22H24Cl2F3N5O2/c1-13-19(21(33)28-5-2-6-31-7-9-34-10-8-31)20(14-3-4-15(23)16(24)11-14)32-18(29-13)12-17(30-32)22(25,26)27/h3-4,11-12,20,29H,2,5-10H2,1H3,(H,28,33). The van der Waals surface area contributed by atoms with Gasteiger partial charge in [0.15, 0.2) is 5.69 Å². The second-order valence-corrected chi connectivity index (χ2v) is 8.97. The molecule has 1 unspecified atom stereocenters. The first-order chi connectivity index (χ1) is 16.1. The van der Waals surface area contributed by atoms with E-state index < -0.39 is 23.8 Å². The predicted molar refractivity (Wildman–Crippen MR) is 123 cm³/mol. The first kappa shape index (κ1) is 24.8. The summed E-state index contributed by atoms with van der Waals surface area (Å²) in [6, 6.07) is 4.72. The number of carbonyl (C=O) groups excluding carboxylic acids is 1. The monoisotopic (exact) mass is 517 g/mol. The Balaban J connectivity index is 1.59. The Hall–Kier alpha value is -2.27. The highest BCUT2D eigenvalue weighted by Crippen LogP contribution is 2.40. The lowest BCUT2D eigenvalue weighted by Gasteiger charge is -2.30. The normalized spacial score (nSPS) is 19.1. The molecule has 2 N–H and O–H groups in total. The van der Waals surface area contributed by atoms with Crippen LogP contribution in [0.25, 0.3) is 0 Å². The molecule has 7 nitrogen and oxygen atoms in total. The molecule has 4 rings (SSSR count). The van der Waals surface area contributed by atoms with Crippen LogP contribution in [-0.4, -0.2) is 60.0 Å². The highest BCUT2D eigenvalue weighted by molar-refractivity contribution is 6.42. The third-order valence-corrected chi connectivity index (χ3v) is 6.55. The number of morpholine rings is 1. The highest BCUT2D eigenvalue weighted by Gasteiger charge is 2.39. The van der Waals surface area contributed by atoms with Crippen LogP contribution < -0.4 is 10.6 Å². The van der Waals surface area contributed by atoms with Gasteiger partial charge in [-0.2, -0.15) is 18.3 Å². The molecule has 12 heteroatoms. The lowest BCUT2D eigenvalue weighted by Crippen LogP contribution is -2.39. The van der Waals surface area contributed by atoms with Gasteiger partial charge in [-0.1, -0.05) is 29.3 Å². The van der Waals surface area contributed by atoms with Crippen molar-refractivity contribution >= 4 is 34.9 Å². The van der Waals surface area contributed by atoms with Crippen LogP contribution in [0, 0.1) is 0 Å². The van der Waals surface area contributed by atoms with Gasteiger partial charge in [0.05, 0.1) is 28.8 Å². The molecule has 184 valence electrons. The summed E-state index contributed by atoms with van der Waals surface area (Å²) in [4.78, 5) is 15.5. The molecular formula is C22H24Cl2F3N5O2.